The largest absolute Gasteiger partial charge is 0.480 e. The zero-order valence-electron chi connectivity index (χ0n) is 16.8. The quantitative estimate of drug-likeness (QED) is 0.766. The molecule has 0 atom stereocenters. The molecule has 0 heterocycles. The minimum absolute atomic E-state index is 0.0640. The minimum Gasteiger partial charge on any atom is -0.480 e. The van der Waals surface area contributed by atoms with E-state index < -0.39 is 30.1 Å². The lowest BCUT2D eigenvalue weighted by atomic mass is 9.75. The minimum atomic E-state index is -1.10. The van der Waals surface area contributed by atoms with Gasteiger partial charge in [0.05, 0.1) is 0 Å². The molecule has 0 saturated heterocycles. The Kier molecular flexibility index (Phi) is 5.20. The molecule has 0 spiro atoms. The van der Waals surface area contributed by atoms with Gasteiger partial charge in [0.2, 0.25) is 5.91 Å². The Balaban J connectivity index is 1.44. The number of aliphatic carboxylic acids is 1. The maximum Gasteiger partial charge on any atom is 0.408 e. The van der Waals surface area contributed by atoms with Gasteiger partial charge < -0.3 is 20.1 Å². The predicted molar refractivity (Wildman–Crippen MR) is 110 cm³/mol. The number of carboxylic acids is 1. The molecule has 156 valence electrons. The van der Waals surface area contributed by atoms with E-state index in [4.69, 9.17) is 9.84 Å². The summed E-state index contributed by atoms with van der Waals surface area (Å²) in [4.78, 5) is 37.3. The molecule has 2 aliphatic carbocycles. The second kappa shape index (κ2) is 7.82. The number of carbonyl (C=O) groups excluding carboxylic acids is 2. The van der Waals surface area contributed by atoms with Gasteiger partial charge in [-0.15, -0.1) is 0 Å². The number of likely N-dealkylation sites (N-methyl/N-ethyl adjacent to an activating group) is 1. The fraction of sp³-hybridized carbons (Fsp3) is 0.348. The molecule has 0 aromatic heterocycles. The van der Waals surface area contributed by atoms with Crippen LogP contribution in [0.3, 0.4) is 0 Å². The SMILES string of the molecule is CN(CC(=O)O)C(=O)C1(NC(=O)OCC2c3ccccc3-c3ccccc32)CCC1. The number of amides is 2. The van der Waals surface area contributed by atoms with Gasteiger partial charge in [0.1, 0.15) is 18.7 Å². The third kappa shape index (κ3) is 3.51. The molecule has 1 saturated carbocycles. The van der Waals surface area contributed by atoms with Crippen molar-refractivity contribution in [2.75, 3.05) is 20.2 Å². The molecule has 0 bridgehead atoms. The lowest BCUT2D eigenvalue weighted by molar-refractivity contribution is -0.148. The van der Waals surface area contributed by atoms with Gasteiger partial charge in [0.15, 0.2) is 0 Å². The number of carboxylic acid groups (broad SMARTS) is 1. The summed E-state index contributed by atoms with van der Waals surface area (Å²) in [6.45, 7) is -0.248. The van der Waals surface area contributed by atoms with Gasteiger partial charge in [-0.3, -0.25) is 9.59 Å². The third-order valence-electron chi connectivity index (χ3n) is 6.02. The highest BCUT2D eigenvalue weighted by Gasteiger charge is 2.47. The Hall–Kier alpha value is -3.35. The van der Waals surface area contributed by atoms with Crippen LogP contribution in [0.4, 0.5) is 4.79 Å². The highest BCUT2D eigenvalue weighted by molar-refractivity contribution is 5.92. The van der Waals surface area contributed by atoms with Crippen LogP contribution < -0.4 is 5.32 Å². The van der Waals surface area contributed by atoms with Crippen LogP contribution in [0.1, 0.15) is 36.3 Å². The van der Waals surface area contributed by atoms with Gasteiger partial charge in [-0.25, -0.2) is 4.79 Å². The first-order valence-corrected chi connectivity index (χ1v) is 10.0. The van der Waals surface area contributed by atoms with Crippen molar-refractivity contribution >= 4 is 18.0 Å². The molecule has 2 N–H and O–H groups in total. The molecule has 1 fully saturated rings. The van der Waals surface area contributed by atoms with Crippen LogP contribution in [0.15, 0.2) is 48.5 Å². The molecule has 2 aliphatic rings. The number of hydrogen-bond acceptors (Lipinski definition) is 4. The normalized spacial score (nSPS) is 16.0. The van der Waals surface area contributed by atoms with Gasteiger partial charge in [-0.1, -0.05) is 48.5 Å². The van der Waals surface area contributed by atoms with Crippen LogP contribution in [0, 0.1) is 0 Å². The van der Waals surface area contributed by atoms with Crippen LogP contribution in [0.2, 0.25) is 0 Å². The first kappa shape index (κ1) is 19.9. The Morgan fingerprint density at radius 2 is 1.63 bits per heavy atom. The summed E-state index contributed by atoms with van der Waals surface area (Å²) in [6, 6.07) is 16.1. The summed E-state index contributed by atoms with van der Waals surface area (Å²) in [5.74, 6) is -1.56. The van der Waals surface area contributed by atoms with Crippen molar-refractivity contribution in [3.8, 4) is 11.1 Å². The van der Waals surface area contributed by atoms with Gasteiger partial charge >= 0.3 is 12.1 Å². The second-order valence-electron chi connectivity index (χ2n) is 7.94. The highest BCUT2D eigenvalue weighted by atomic mass is 16.5. The van der Waals surface area contributed by atoms with E-state index in [1.807, 2.05) is 36.4 Å². The van der Waals surface area contributed by atoms with Crippen molar-refractivity contribution in [1.82, 2.24) is 10.2 Å². The lowest BCUT2D eigenvalue weighted by Crippen LogP contribution is -2.63. The molecule has 2 aromatic carbocycles. The maximum atomic E-state index is 12.7. The Morgan fingerprint density at radius 3 is 2.13 bits per heavy atom. The topological polar surface area (TPSA) is 95.9 Å². The molecule has 4 rings (SSSR count). The third-order valence-corrected chi connectivity index (χ3v) is 6.02. The van der Waals surface area contributed by atoms with Crippen LogP contribution in [0.25, 0.3) is 11.1 Å². The molecule has 7 nitrogen and oxygen atoms in total. The lowest BCUT2D eigenvalue weighted by Gasteiger charge is -2.42. The fourth-order valence-corrected chi connectivity index (χ4v) is 4.39. The number of nitrogens with one attached hydrogen (secondary N) is 1. The summed E-state index contributed by atoms with van der Waals surface area (Å²) in [5, 5.41) is 11.6. The summed E-state index contributed by atoms with van der Waals surface area (Å²) in [7, 11) is 1.43. The average molecular weight is 408 g/mol. The number of fused-ring (bicyclic) bond motifs is 3. The first-order valence-electron chi connectivity index (χ1n) is 10.0. The second-order valence-corrected chi connectivity index (χ2v) is 7.94. The smallest absolute Gasteiger partial charge is 0.408 e. The van der Waals surface area contributed by atoms with E-state index in [1.54, 1.807) is 0 Å². The summed E-state index contributed by atoms with van der Waals surface area (Å²) in [5.41, 5.74) is 3.43. The Labute approximate surface area is 174 Å². The van der Waals surface area contributed by atoms with Gasteiger partial charge in [0.25, 0.3) is 0 Å². The number of ether oxygens (including phenoxy) is 1. The number of benzene rings is 2. The standard InChI is InChI=1S/C23H24N2O5/c1-25(13-20(26)27)21(28)23(11-6-12-23)24-22(29)30-14-19-17-9-4-2-7-15(17)16-8-3-5-10-18(16)19/h2-5,7-10,19H,6,11-14H2,1H3,(H,24,29)(H,26,27). The number of nitrogens with zero attached hydrogens (tertiary/aromatic N) is 1. The summed E-state index contributed by atoms with van der Waals surface area (Å²) < 4.78 is 5.54. The zero-order chi connectivity index (χ0) is 21.3. The fourth-order valence-electron chi connectivity index (χ4n) is 4.39. The zero-order valence-corrected chi connectivity index (χ0v) is 16.8. The van der Waals surface area contributed by atoms with E-state index in [0.29, 0.717) is 12.8 Å². The van der Waals surface area contributed by atoms with Gasteiger partial charge in [0, 0.05) is 13.0 Å². The summed E-state index contributed by atoms with van der Waals surface area (Å²) in [6.07, 6.45) is 1.07. The van der Waals surface area contributed by atoms with E-state index in [0.717, 1.165) is 33.6 Å². The van der Waals surface area contributed by atoms with Crippen molar-refractivity contribution in [2.24, 2.45) is 0 Å². The molecule has 0 aliphatic heterocycles. The number of rotatable bonds is 6. The average Bonchev–Trinajstić information content (AvgIpc) is 3.02. The monoisotopic (exact) mass is 408 g/mol. The van der Waals surface area contributed by atoms with Gasteiger partial charge in [-0.05, 0) is 41.5 Å². The molecular weight excluding hydrogens is 384 g/mol. The maximum absolute atomic E-state index is 12.7. The van der Waals surface area contributed by atoms with Crippen molar-refractivity contribution in [3.63, 3.8) is 0 Å². The van der Waals surface area contributed by atoms with Crippen LogP contribution in [-0.2, 0) is 14.3 Å². The first-order chi connectivity index (χ1) is 14.4. The molecule has 30 heavy (non-hydrogen) atoms. The van der Waals surface area contributed by atoms with Crippen LogP contribution >= 0.6 is 0 Å². The molecule has 2 amide bonds. The van der Waals surface area contributed by atoms with Crippen molar-refractivity contribution < 1.29 is 24.2 Å². The molecule has 7 heteroatoms. The number of hydrogen-bond donors (Lipinski definition) is 2. The molecule has 2 aromatic rings. The van der Waals surface area contributed by atoms with Crippen molar-refractivity contribution in [2.45, 2.75) is 30.7 Å². The van der Waals surface area contributed by atoms with Gasteiger partial charge in [-0.2, -0.15) is 0 Å². The van der Waals surface area contributed by atoms with E-state index in [1.165, 1.54) is 7.05 Å². The van der Waals surface area contributed by atoms with Crippen LogP contribution in [-0.4, -0.2) is 53.7 Å². The van der Waals surface area contributed by atoms with E-state index in [-0.39, 0.29) is 12.5 Å². The Bertz CT molecular complexity index is 953. The van der Waals surface area contributed by atoms with Crippen molar-refractivity contribution in [3.05, 3.63) is 59.7 Å². The van der Waals surface area contributed by atoms with Crippen molar-refractivity contribution in [1.29, 1.82) is 0 Å². The van der Waals surface area contributed by atoms with E-state index in [2.05, 4.69) is 17.4 Å². The van der Waals surface area contributed by atoms with Crippen LogP contribution in [0.5, 0.6) is 0 Å². The number of alkyl carbamates (subject to hydrolysis) is 1. The molecule has 0 radical (unpaired) electrons. The molecule has 0 unspecified atom stereocenters. The number of carbonyl (C=O) groups is 3. The molecular formula is C23H24N2O5. The van der Waals surface area contributed by atoms with E-state index in [9.17, 15) is 14.4 Å². The highest BCUT2D eigenvalue weighted by Crippen LogP contribution is 2.44. The van der Waals surface area contributed by atoms with E-state index >= 15 is 0 Å². The summed E-state index contributed by atoms with van der Waals surface area (Å²) >= 11 is 0. The Morgan fingerprint density at radius 1 is 1.07 bits per heavy atom. The predicted octanol–water partition coefficient (Wildman–Crippen LogP) is 2.99.